The maximum atomic E-state index is 6.32. The molecule has 112 valence electrons. The highest BCUT2D eigenvalue weighted by Gasteiger charge is 2.14. The fourth-order valence-electron chi connectivity index (χ4n) is 2.74. The molecule has 0 N–H and O–H groups in total. The highest BCUT2D eigenvalue weighted by atomic mass is 35.5. The van der Waals surface area contributed by atoms with E-state index in [0.29, 0.717) is 6.42 Å². The lowest BCUT2D eigenvalue weighted by Gasteiger charge is -2.09. The van der Waals surface area contributed by atoms with E-state index in [2.05, 4.69) is 21.7 Å². The minimum absolute atomic E-state index is 0.658. The van der Waals surface area contributed by atoms with Gasteiger partial charge < -0.3 is 0 Å². The van der Waals surface area contributed by atoms with Crippen LogP contribution in [0, 0.1) is 0 Å². The number of benzene rings is 2. The largest absolute Gasteiger partial charge is 0.280 e. The molecular formula is C19H14ClN3. The Morgan fingerprint density at radius 2 is 1.65 bits per heavy atom. The highest BCUT2D eigenvalue weighted by Crippen LogP contribution is 2.24. The van der Waals surface area contributed by atoms with E-state index in [0.717, 1.165) is 33.3 Å². The molecule has 2 aromatic heterocycles. The zero-order valence-corrected chi connectivity index (χ0v) is 13.1. The molecule has 2 aromatic carbocycles. The molecule has 0 saturated carbocycles. The summed E-state index contributed by atoms with van der Waals surface area (Å²) in [6, 6.07) is 21.9. The summed E-state index contributed by atoms with van der Waals surface area (Å²) in [6.07, 6.45) is 2.45. The lowest BCUT2D eigenvalue weighted by molar-refractivity contribution is 0.924. The Hall–Kier alpha value is -2.65. The van der Waals surface area contributed by atoms with E-state index in [1.807, 2.05) is 54.6 Å². The van der Waals surface area contributed by atoms with Gasteiger partial charge in [0.05, 0.1) is 0 Å². The van der Waals surface area contributed by atoms with E-state index in [9.17, 15) is 0 Å². The molecule has 23 heavy (non-hydrogen) atoms. The third-order valence-corrected chi connectivity index (χ3v) is 4.18. The first-order chi connectivity index (χ1) is 11.3. The van der Waals surface area contributed by atoms with Crippen LogP contribution < -0.4 is 0 Å². The molecule has 4 heteroatoms. The molecule has 2 heterocycles. The third-order valence-electron chi connectivity index (χ3n) is 3.81. The minimum atomic E-state index is 0.658. The smallest absolute Gasteiger partial charge is 0.164 e. The molecule has 0 spiro atoms. The Morgan fingerprint density at radius 3 is 2.48 bits per heavy atom. The van der Waals surface area contributed by atoms with Gasteiger partial charge in [0.1, 0.15) is 11.3 Å². The van der Waals surface area contributed by atoms with Crippen molar-refractivity contribution in [2.75, 3.05) is 0 Å². The van der Waals surface area contributed by atoms with Crippen LogP contribution in [0.4, 0.5) is 0 Å². The summed E-state index contributed by atoms with van der Waals surface area (Å²) in [5, 5.41) is 0.757. The van der Waals surface area contributed by atoms with Gasteiger partial charge in [0.25, 0.3) is 0 Å². The summed E-state index contributed by atoms with van der Waals surface area (Å²) in [7, 11) is 0. The Balaban J connectivity index is 1.91. The molecular weight excluding hydrogens is 306 g/mol. The van der Waals surface area contributed by atoms with E-state index in [-0.39, 0.29) is 0 Å². The molecule has 0 radical (unpaired) electrons. The van der Waals surface area contributed by atoms with E-state index in [1.54, 1.807) is 6.20 Å². The SMILES string of the molecule is Clc1ccccc1Cc1nc2cccnc2n1-c1ccccc1. The van der Waals surface area contributed by atoms with Crippen LogP contribution in [0.2, 0.25) is 5.02 Å². The summed E-state index contributed by atoms with van der Waals surface area (Å²) in [6.45, 7) is 0. The number of para-hydroxylation sites is 1. The van der Waals surface area contributed by atoms with Gasteiger partial charge in [-0.1, -0.05) is 48.0 Å². The lowest BCUT2D eigenvalue weighted by Crippen LogP contribution is -2.03. The molecule has 4 aromatic rings. The van der Waals surface area contributed by atoms with Gasteiger partial charge >= 0.3 is 0 Å². The number of rotatable bonds is 3. The molecule has 0 aliphatic carbocycles. The van der Waals surface area contributed by atoms with Crippen LogP contribution in [0.1, 0.15) is 11.4 Å². The van der Waals surface area contributed by atoms with Gasteiger partial charge in [-0.25, -0.2) is 9.97 Å². The number of fused-ring (bicyclic) bond motifs is 1. The normalized spacial score (nSPS) is 11.0. The van der Waals surface area contributed by atoms with Crippen LogP contribution >= 0.6 is 11.6 Å². The van der Waals surface area contributed by atoms with Crippen molar-refractivity contribution >= 4 is 22.8 Å². The Morgan fingerprint density at radius 1 is 0.870 bits per heavy atom. The fourth-order valence-corrected chi connectivity index (χ4v) is 2.94. The number of imidazole rings is 1. The number of pyridine rings is 1. The van der Waals surface area contributed by atoms with Gasteiger partial charge in [0.15, 0.2) is 5.65 Å². The Kier molecular flexibility index (Phi) is 3.56. The van der Waals surface area contributed by atoms with Crippen molar-refractivity contribution in [3.8, 4) is 5.69 Å². The first-order valence-electron chi connectivity index (χ1n) is 7.44. The van der Waals surface area contributed by atoms with E-state index >= 15 is 0 Å². The molecule has 3 nitrogen and oxygen atoms in total. The summed E-state index contributed by atoms with van der Waals surface area (Å²) in [5.74, 6) is 0.929. The summed E-state index contributed by atoms with van der Waals surface area (Å²) in [5.41, 5.74) is 3.86. The van der Waals surface area contributed by atoms with Gasteiger partial charge in [-0.2, -0.15) is 0 Å². The Bertz CT molecular complexity index is 961. The van der Waals surface area contributed by atoms with Crippen molar-refractivity contribution in [2.24, 2.45) is 0 Å². The number of halogens is 1. The van der Waals surface area contributed by atoms with Crippen LogP contribution in [0.3, 0.4) is 0 Å². The zero-order valence-electron chi connectivity index (χ0n) is 12.4. The van der Waals surface area contributed by atoms with Crippen molar-refractivity contribution < 1.29 is 0 Å². The average Bonchev–Trinajstić information content (AvgIpc) is 2.95. The van der Waals surface area contributed by atoms with Crippen LogP contribution in [-0.2, 0) is 6.42 Å². The predicted octanol–water partition coefficient (Wildman–Crippen LogP) is 4.66. The molecule has 0 unspecified atom stereocenters. The summed E-state index contributed by atoms with van der Waals surface area (Å²) in [4.78, 5) is 9.28. The minimum Gasteiger partial charge on any atom is -0.280 e. The second-order valence-corrected chi connectivity index (χ2v) is 5.72. The average molecular weight is 320 g/mol. The number of nitrogens with zero attached hydrogens (tertiary/aromatic N) is 3. The van der Waals surface area contributed by atoms with Crippen molar-refractivity contribution in [3.63, 3.8) is 0 Å². The standard InChI is InChI=1S/C19H14ClN3/c20-16-10-5-4-7-14(16)13-18-22-17-11-6-12-21-19(17)23(18)15-8-2-1-3-9-15/h1-12H,13H2. The first kappa shape index (κ1) is 14.0. The monoisotopic (exact) mass is 319 g/mol. The number of hydrogen-bond acceptors (Lipinski definition) is 2. The number of hydrogen-bond donors (Lipinski definition) is 0. The van der Waals surface area contributed by atoms with Crippen molar-refractivity contribution in [1.82, 2.24) is 14.5 Å². The van der Waals surface area contributed by atoms with Gasteiger partial charge in [0.2, 0.25) is 0 Å². The van der Waals surface area contributed by atoms with Crippen molar-refractivity contribution in [2.45, 2.75) is 6.42 Å². The van der Waals surface area contributed by atoms with Crippen molar-refractivity contribution in [3.05, 3.63) is 89.3 Å². The van der Waals surface area contributed by atoms with Crippen LogP contribution in [-0.4, -0.2) is 14.5 Å². The van der Waals surface area contributed by atoms with Crippen LogP contribution in [0.5, 0.6) is 0 Å². The second kappa shape index (κ2) is 5.86. The molecule has 0 saturated heterocycles. The number of aromatic nitrogens is 3. The molecule has 0 atom stereocenters. The van der Waals surface area contributed by atoms with E-state index < -0.39 is 0 Å². The third kappa shape index (κ3) is 2.60. The van der Waals surface area contributed by atoms with Gasteiger partial charge in [-0.05, 0) is 35.9 Å². The molecule has 0 aliphatic heterocycles. The topological polar surface area (TPSA) is 30.7 Å². The van der Waals surface area contributed by atoms with Gasteiger partial charge in [0, 0.05) is 23.3 Å². The lowest BCUT2D eigenvalue weighted by atomic mass is 10.1. The second-order valence-electron chi connectivity index (χ2n) is 5.31. The van der Waals surface area contributed by atoms with E-state index in [4.69, 9.17) is 16.6 Å². The van der Waals surface area contributed by atoms with Crippen LogP contribution in [0.15, 0.2) is 72.9 Å². The maximum absolute atomic E-state index is 6.32. The van der Waals surface area contributed by atoms with E-state index in [1.165, 1.54) is 0 Å². The van der Waals surface area contributed by atoms with Gasteiger partial charge in [-0.15, -0.1) is 0 Å². The molecule has 4 rings (SSSR count). The quantitative estimate of drug-likeness (QED) is 0.549. The fraction of sp³-hybridized carbons (Fsp3) is 0.0526. The molecule has 0 aliphatic rings. The maximum Gasteiger partial charge on any atom is 0.164 e. The summed E-state index contributed by atoms with van der Waals surface area (Å²) >= 11 is 6.32. The molecule has 0 bridgehead atoms. The predicted molar refractivity (Wildman–Crippen MR) is 93.1 cm³/mol. The van der Waals surface area contributed by atoms with Crippen LogP contribution in [0.25, 0.3) is 16.9 Å². The molecule has 0 amide bonds. The highest BCUT2D eigenvalue weighted by molar-refractivity contribution is 6.31. The first-order valence-corrected chi connectivity index (χ1v) is 7.82. The van der Waals surface area contributed by atoms with Gasteiger partial charge in [-0.3, -0.25) is 4.57 Å². The zero-order chi connectivity index (χ0) is 15.6. The van der Waals surface area contributed by atoms with Crippen molar-refractivity contribution in [1.29, 1.82) is 0 Å². The summed E-state index contributed by atoms with van der Waals surface area (Å²) < 4.78 is 2.10. The Labute approximate surface area is 139 Å². The molecule has 0 fully saturated rings.